The summed E-state index contributed by atoms with van der Waals surface area (Å²) in [6, 6.07) is 1.25. The van der Waals surface area contributed by atoms with Gasteiger partial charge in [-0.25, -0.2) is 19.2 Å². The van der Waals surface area contributed by atoms with Crippen LogP contribution in [0.15, 0.2) is 35.7 Å². The summed E-state index contributed by atoms with van der Waals surface area (Å²) in [7, 11) is -3.96. The number of aromatic nitrogens is 5. The summed E-state index contributed by atoms with van der Waals surface area (Å²) in [5.74, 6) is 3.97. The van der Waals surface area contributed by atoms with Crippen LogP contribution in [0, 0.1) is 0 Å². The summed E-state index contributed by atoms with van der Waals surface area (Å²) in [6.07, 6.45) is 6.09. The Morgan fingerprint density at radius 3 is 2.42 bits per heavy atom. The molecule has 0 radical (unpaired) electrons. The van der Waals surface area contributed by atoms with Crippen LogP contribution in [0.1, 0.15) is 53.6 Å². The largest absolute Gasteiger partial charge is 0.477 e. The van der Waals surface area contributed by atoms with E-state index >= 15 is 0 Å². The fourth-order valence-corrected chi connectivity index (χ4v) is 5.90. The standard InChI is InChI=1S/C25H33N9O5S/c1-4-9-34-22(20(24(36)30-26)21(31-34)19-16-27-7-8-28-19)23(35)18-14-17(15-29-25(18)39-6-3)40(37,38)33-12-10-32(5-2)11-13-33/h7-8,14-16H,4-6,9-13,26H2,1-3H3,(H,30,36). The third-order valence-electron chi connectivity index (χ3n) is 6.53. The average molecular weight is 572 g/mol. The Hall–Kier alpha value is -3.79. The van der Waals surface area contributed by atoms with Gasteiger partial charge in [0.15, 0.2) is 0 Å². The molecular weight excluding hydrogens is 538 g/mol. The SMILES string of the molecule is CCCn1nc(-c2cnccn2)c(C(=O)NN)c1C(=O)c1cc(S(=O)(=O)N2CCN(CC)CC2)cnc1OCC. The van der Waals surface area contributed by atoms with E-state index < -0.39 is 21.7 Å². The molecule has 40 heavy (non-hydrogen) atoms. The number of hydrazine groups is 1. The highest BCUT2D eigenvalue weighted by molar-refractivity contribution is 7.89. The molecule has 3 N–H and O–H groups in total. The van der Waals surface area contributed by atoms with Gasteiger partial charge in [0.05, 0.1) is 30.1 Å². The second kappa shape index (κ2) is 12.6. The Morgan fingerprint density at radius 2 is 1.82 bits per heavy atom. The molecule has 0 spiro atoms. The zero-order valence-corrected chi connectivity index (χ0v) is 23.5. The number of nitrogens with two attached hydrogens (primary N) is 1. The smallest absolute Gasteiger partial charge is 0.269 e. The first kappa shape index (κ1) is 29.2. The van der Waals surface area contributed by atoms with E-state index in [1.807, 2.05) is 13.8 Å². The van der Waals surface area contributed by atoms with Gasteiger partial charge in [0.2, 0.25) is 21.7 Å². The number of nitrogen functional groups attached to an aromatic ring is 1. The molecule has 1 aliphatic heterocycles. The van der Waals surface area contributed by atoms with Gasteiger partial charge in [-0.2, -0.15) is 9.40 Å². The number of nitrogens with zero attached hydrogens (tertiary/aromatic N) is 7. The first-order chi connectivity index (χ1) is 19.3. The molecule has 3 aromatic rings. The first-order valence-electron chi connectivity index (χ1n) is 13.0. The monoisotopic (exact) mass is 571 g/mol. The van der Waals surface area contributed by atoms with Crippen LogP contribution in [0.3, 0.4) is 0 Å². The van der Waals surface area contributed by atoms with Crippen molar-refractivity contribution in [3.63, 3.8) is 0 Å². The quantitative estimate of drug-likeness (QED) is 0.143. The molecule has 1 amide bonds. The first-order valence-corrected chi connectivity index (χ1v) is 14.5. The number of carbonyl (C=O) groups is 2. The van der Waals surface area contributed by atoms with Crippen molar-refractivity contribution in [3.05, 3.63) is 47.7 Å². The van der Waals surface area contributed by atoms with Gasteiger partial charge in [-0.05, 0) is 26.0 Å². The van der Waals surface area contributed by atoms with E-state index in [9.17, 15) is 18.0 Å². The number of rotatable bonds is 11. The van der Waals surface area contributed by atoms with Crippen molar-refractivity contribution in [2.45, 2.75) is 38.6 Å². The number of hydrogen-bond donors (Lipinski definition) is 2. The van der Waals surface area contributed by atoms with Crippen LogP contribution in [0.25, 0.3) is 11.4 Å². The minimum Gasteiger partial charge on any atom is -0.477 e. The molecule has 4 heterocycles. The summed E-state index contributed by atoms with van der Waals surface area (Å²) < 4.78 is 35.5. The Labute approximate surface area is 232 Å². The molecule has 1 saturated heterocycles. The van der Waals surface area contributed by atoms with Gasteiger partial charge < -0.3 is 9.64 Å². The minimum absolute atomic E-state index is 0.0633. The maximum Gasteiger partial charge on any atom is 0.269 e. The van der Waals surface area contributed by atoms with Crippen LogP contribution in [0.4, 0.5) is 0 Å². The molecule has 0 saturated carbocycles. The van der Waals surface area contributed by atoms with E-state index in [4.69, 9.17) is 10.6 Å². The molecular formula is C25H33N9O5S. The maximum atomic E-state index is 14.2. The van der Waals surface area contributed by atoms with Crippen LogP contribution in [-0.2, 0) is 16.6 Å². The van der Waals surface area contributed by atoms with Gasteiger partial charge in [-0.15, -0.1) is 0 Å². The lowest BCUT2D eigenvalue weighted by Gasteiger charge is -2.33. The van der Waals surface area contributed by atoms with E-state index in [1.165, 1.54) is 39.8 Å². The molecule has 214 valence electrons. The molecule has 4 rings (SSSR count). The van der Waals surface area contributed by atoms with Gasteiger partial charge >= 0.3 is 0 Å². The third-order valence-corrected chi connectivity index (χ3v) is 8.40. The van der Waals surface area contributed by atoms with E-state index in [-0.39, 0.29) is 52.1 Å². The summed E-state index contributed by atoms with van der Waals surface area (Å²) >= 11 is 0. The zero-order valence-electron chi connectivity index (χ0n) is 22.7. The summed E-state index contributed by atoms with van der Waals surface area (Å²) in [4.78, 5) is 41.7. The van der Waals surface area contributed by atoms with Crippen molar-refractivity contribution < 1.29 is 22.7 Å². The number of likely N-dealkylation sites (N-methyl/N-ethyl adjacent to an activating group) is 1. The van der Waals surface area contributed by atoms with Crippen molar-refractivity contribution in [3.8, 4) is 17.3 Å². The highest BCUT2D eigenvalue weighted by atomic mass is 32.2. The number of ketones is 1. The predicted molar refractivity (Wildman–Crippen MR) is 145 cm³/mol. The van der Waals surface area contributed by atoms with E-state index in [2.05, 4.69) is 30.4 Å². The van der Waals surface area contributed by atoms with Crippen LogP contribution >= 0.6 is 0 Å². The zero-order chi connectivity index (χ0) is 28.9. The highest BCUT2D eigenvalue weighted by Crippen LogP contribution is 2.30. The number of sulfonamides is 1. The molecule has 0 bridgehead atoms. The van der Waals surface area contributed by atoms with E-state index in [1.54, 1.807) is 6.92 Å². The Bertz CT molecular complexity index is 1470. The minimum atomic E-state index is -3.96. The lowest BCUT2D eigenvalue weighted by molar-refractivity contribution is 0.0940. The molecule has 0 aromatic carbocycles. The molecule has 1 fully saturated rings. The van der Waals surface area contributed by atoms with Gasteiger partial charge in [0.1, 0.15) is 22.0 Å². The van der Waals surface area contributed by atoms with Crippen molar-refractivity contribution in [2.24, 2.45) is 5.84 Å². The van der Waals surface area contributed by atoms with Gasteiger partial charge in [-0.3, -0.25) is 29.7 Å². The number of pyridine rings is 1. The fraction of sp³-hybridized carbons (Fsp3) is 0.440. The number of nitrogens with one attached hydrogen (secondary N) is 1. The third kappa shape index (κ3) is 5.72. The Kier molecular flexibility index (Phi) is 9.19. The van der Waals surface area contributed by atoms with Crippen LogP contribution < -0.4 is 16.0 Å². The fourth-order valence-electron chi connectivity index (χ4n) is 4.51. The van der Waals surface area contributed by atoms with Crippen LogP contribution in [-0.4, -0.2) is 93.4 Å². The number of amides is 1. The Balaban J connectivity index is 1.86. The van der Waals surface area contributed by atoms with Crippen molar-refractivity contribution in [1.29, 1.82) is 0 Å². The summed E-state index contributed by atoms with van der Waals surface area (Å²) in [5, 5.41) is 4.51. The lowest BCUT2D eigenvalue weighted by atomic mass is 10.0. The normalized spacial score (nSPS) is 14.7. The summed E-state index contributed by atoms with van der Waals surface area (Å²) in [6.45, 7) is 8.76. The predicted octanol–water partition coefficient (Wildman–Crippen LogP) is 0.705. The average Bonchev–Trinajstić information content (AvgIpc) is 3.36. The summed E-state index contributed by atoms with van der Waals surface area (Å²) in [5.41, 5.74) is 2.11. The van der Waals surface area contributed by atoms with Gasteiger partial charge in [0.25, 0.3) is 5.91 Å². The molecule has 3 aromatic heterocycles. The topological polar surface area (TPSA) is 179 Å². The lowest BCUT2D eigenvalue weighted by Crippen LogP contribution is -2.48. The number of hydrogen-bond acceptors (Lipinski definition) is 11. The second-order valence-corrected chi connectivity index (χ2v) is 10.9. The molecule has 14 nitrogen and oxygen atoms in total. The second-order valence-electron chi connectivity index (χ2n) is 8.98. The van der Waals surface area contributed by atoms with E-state index in [0.29, 0.717) is 32.6 Å². The van der Waals surface area contributed by atoms with Crippen LogP contribution in [0.2, 0.25) is 0 Å². The number of carbonyl (C=O) groups excluding carboxylic acids is 2. The number of aryl methyl sites for hydroxylation is 1. The van der Waals surface area contributed by atoms with Gasteiger partial charge in [0, 0.05) is 45.1 Å². The number of piperazine rings is 1. The van der Waals surface area contributed by atoms with E-state index in [0.717, 1.165) is 6.54 Å². The molecule has 0 unspecified atom stereocenters. The highest BCUT2D eigenvalue weighted by Gasteiger charge is 2.34. The molecule has 15 heteroatoms. The number of ether oxygens (including phenoxy) is 1. The van der Waals surface area contributed by atoms with Gasteiger partial charge in [-0.1, -0.05) is 13.8 Å². The van der Waals surface area contributed by atoms with Crippen LogP contribution in [0.5, 0.6) is 5.88 Å². The maximum absolute atomic E-state index is 14.2. The van der Waals surface area contributed by atoms with Crippen molar-refractivity contribution in [2.75, 3.05) is 39.3 Å². The molecule has 1 aliphatic rings. The van der Waals surface area contributed by atoms with Crippen molar-refractivity contribution >= 4 is 21.7 Å². The molecule has 0 aliphatic carbocycles. The van der Waals surface area contributed by atoms with Crippen molar-refractivity contribution in [1.82, 2.24) is 39.4 Å². The molecule has 0 atom stereocenters. The Morgan fingerprint density at radius 1 is 1.07 bits per heavy atom.